The van der Waals surface area contributed by atoms with Gasteiger partial charge in [-0.05, 0) is 55.8 Å². The van der Waals surface area contributed by atoms with Crippen LogP contribution in [0.25, 0.3) is 11.4 Å². The van der Waals surface area contributed by atoms with Gasteiger partial charge in [-0.15, -0.1) is 10.2 Å². The predicted molar refractivity (Wildman–Crippen MR) is 105 cm³/mol. The van der Waals surface area contributed by atoms with Gasteiger partial charge in [0.25, 0.3) is 0 Å². The molecule has 5 nitrogen and oxygen atoms in total. The minimum absolute atomic E-state index is 0.159. The summed E-state index contributed by atoms with van der Waals surface area (Å²) in [4.78, 5) is 12.5. The number of benzene rings is 2. The summed E-state index contributed by atoms with van der Waals surface area (Å²) in [6.45, 7) is 3.63. The Morgan fingerprint density at radius 1 is 1.00 bits per heavy atom. The van der Waals surface area contributed by atoms with E-state index in [0.29, 0.717) is 11.0 Å². The zero-order chi connectivity index (χ0) is 20.3. The molecule has 0 unspecified atom stereocenters. The molecule has 0 saturated heterocycles. The second-order valence-electron chi connectivity index (χ2n) is 6.41. The topological polar surface area (TPSA) is 59.8 Å². The highest BCUT2D eigenvalue weighted by atomic mass is 32.2. The van der Waals surface area contributed by atoms with Crippen LogP contribution in [0.4, 0.5) is 8.78 Å². The molecular formula is C20H20F2N4OS. The third kappa shape index (κ3) is 4.56. The van der Waals surface area contributed by atoms with Crippen LogP contribution >= 0.6 is 11.8 Å². The summed E-state index contributed by atoms with van der Waals surface area (Å²) < 4.78 is 27.9. The largest absolute Gasteiger partial charge is 0.349 e. The van der Waals surface area contributed by atoms with E-state index in [0.717, 1.165) is 11.1 Å². The lowest BCUT2D eigenvalue weighted by Gasteiger charge is -2.17. The maximum Gasteiger partial charge on any atom is 0.233 e. The van der Waals surface area contributed by atoms with Crippen molar-refractivity contribution in [2.75, 3.05) is 0 Å². The van der Waals surface area contributed by atoms with Gasteiger partial charge in [-0.1, -0.05) is 23.9 Å². The molecule has 1 amide bonds. The Morgan fingerprint density at radius 3 is 2.18 bits per heavy atom. The van der Waals surface area contributed by atoms with Crippen molar-refractivity contribution in [1.82, 2.24) is 20.1 Å². The molecule has 0 fully saturated rings. The van der Waals surface area contributed by atoms with Crippen molar-refractivity contribution in [3.8, 4) is 11.4 Å². The summed E-state index contributed by atoms with van der Waals surface area (Å²) >= 11 is 1.28. The van der Waals surface area contributed by atoms with Gasteiger partial charge in [0.2, 0.25) is 5.91 Å². The summed E-state index contributed by atoms with van der Waals surface area (Å²) in [5.74, 6) is -0.200. The fourth-order valence-corrected chi connectivity index (χ4v) is 3.47. The number of amides is 1. The zero-order valence-electron chi connectivity index (χ0n) is 15.7. The van der Waals surface area contributed by atoms with Crippen molar-refractivity contribution in [2.45, 2.75) is 30.3 Å². The van der Waals surface area contributed by atoms with Gasteiger partial charge >= 0.3 is 0 Å². The lowest BCUT2D eigenvalue weighted by molar-refractivity contribution is -0.120. The van der Waals surface area contributed by atoms with E-state index >= 15 is 0 Å². The van der Waals surface area contributed by atoms with Gasteiger partial charge in [0, 0.05) is 12.6 Å². The van der Waals surface area contributed by atoms with Crippen molar-refractivity contribution in [2.24, 2.45) is 7.05 Å². The number of hydrogen-bond donors (Lipinski definition) is 1. The quantitative estimate of drug-likeness (QED) is 0.630. The maximum absolute atomic E-state index is 13.1. The first kappa shape index (κ1) is 20.0. The monoisotopic (exact) mass is 402 g/mol. The van der Waals surface area contributed by atoms with E-state index in [9.17, 15) is 13.6 Å². The molecule has 0 saturated carbocycles. The molecular weight excluding hydrogens is 382 g/mol. The van der Waals surface area contributed by atoms with E-state index < -0.39 is 5.25 Å². The number of nitrogens with zero attached hydrogens (tertiary/aromatic N) is 3. The normalized spacial score (nSPS) is 13.2. The Balaban J connectivity index is 1.65. The zero-order valence-corrected chi connectivity index (χ0v) is 16.5. The highest BCUT2D eigenvalue weighted by Crippen LogP contribution is 2.26. The highest BCUT2D eigenvalue weighted by molar-refractivity contribution is 8.00. The van der Waals surface area contributed by atoms with Crippen LogP contribution in [0, 0.1) is 11.6 Å². The lowest BCUT2D eigenvalue weighted by atomic mass is 10.1. The predicted octanol–water partition coefficient (Wildman–Crippen LogP) is 4.12. The van der Waals surface area contributed by atoms with Gasteiger partial charge < -0.3 is 9.88 Å². The van der Waals surface area contributed by atoms with Gasteiger partial charge in [0.1, 0.15) is 11.6 Å². The molecule has 2 atom stereocenters. The number of hydrogen-bond acceptors (Lipinski definition) is 4. The van der Waals surface area contributed by atoms with Gasteiger partial charge in [-0.25, -0.2) is 8.78 Å². The molecule has 0 aliphatic rings. The van der Waals surface area contributed by atoms with Gasteiger partial charge in [0.15, 0.2) is 11.0 Å². The van der Waals surface area contributed by atoms with Crippen LogP contribution in [0.5, 0.6) is 0 Å². The third-order valence-electron chi connectivity index (χ3n) is 4.32. The minimum atomic E-state index is -0.410. The molecule has 1 aromatic heterocycles. The molecule has 3 rings (SSSR count). The molecule has 1 heterocycles. The van der Waals surface area contributed by atoms with Crippen molar-refractivity contribution in [1.29, 1.82) is 0 Å². The first-order valence-corrected chi connectivity index (χ1v) is 9.61. The summed E-state index contributed by atoms with van der Waals surface area (Å²) in [6, 6.07) is 11.8. The average Bonchev–Trinajstić information content (AvgIpc) is 3.03. The van der Waals surface area contributed by atoms with Crippen molar-refractivity contribution < 1.29 is 13.6 Å². The molecule has 2 aromatic carbocycles. The van der Waals surface area contributed by atoms with Crippen LogP contribution in [-0.2, 0) is 11.8 Å². The van der Waals surface area contributed by atoms with E-state index in [1.54, 1.807) is 42.8 Å². The summed E-state index contributed by atoms with van der Waals surface area (Å²) in [5.41, 5.74) is 1.56. The molecule has 0 aliphatic heterocycles. The summed E-state index contributed by atoms with van der Waals surface area (Å²) in [5, 5.41) is 11.4. The van der Waals surface area contributed by atoms with Crippen LogP contribution in [0.3, 0.4) is 0 Å². The molecule has 3 aromatic rings. The van der Waals surface area contributed by atoms with Crippen LogP contribution in [0.15, 0.2) is 53.7 Å². The number of aromatic nitrogens is 3. The number of rotatable bonds is 6. The van der Waals surface area contributed by atoms with Gasteiger partial charge in [-0.3, -0.25) is 4.79 Å². The number of nitrogens with one attached hydrogen (secondary N) is 1. The van der Waals surface area contributed by atoms with E-state index in [2.05, 4.69) is 15.5 Å². The van der Waals surface area contributed by atoms with E-state index in [4.69, 9.17) is 0 Å². The van der Waals surface area contributed by atoms with Crippen LogP contribution in [-0.4, -0.2) is 25.9 Å². The minimum Gasteiger partial charge on any atom is -0.349 e. The second kappa shape index (κ2) is 8.52. The molecule has 0 aliphatic carbocycles. The fraction of sp³-hybridized carbons (Fsp3) is 0.250. The molecule has 1 N–H and O–H groups in total. The number of carbonyl (C=O) groups is 1. The molecule has 0 radical (unpaired) electrons. The first-order valence-electron chi connectivity index (χ1n) is 8.73. The Hall–Kier alpha value is -2.74. The van der Waals surface area contributed by atoms with Crippen LogP contribution in [0.1, 0.15) is 25.5 Å². The number of thioether (sulfide) groups is 1. The Kier molecular flexibility index (Phi) is 6.08. The van der Waals surface area contributed by atoms with Crippen molar-refractivity contribution in [3.63, 3.8) is 0 Å². The smallest absolute Gasteiger partial charge is 0.233 e. The maximum atomic E-state index is 13.1. The molecule has 0 spiro atoms. The van der Waals surface area contributed by atoms with Gasteiger partial charge in [-0.2, -0.15) is 0 Å². The Morgan fingerprint density at radius 2 is 1.57 bits per heavy atom. The molecule has 0 bridgehead atoms. The average molecular weight is 402 g/mol. The van der Waals surface area contributed by atoms with E-state index in [1.807, 2.05) is 6.92 Å². The Labute approximate surface area is 166 Å². The SMILES string of the molecule is C[C@H](NC(=O)[C@@H](C)Sc1nnc(-c2ccc(F)cc2)n1C)c1ccc(F)cc1. The molecule has 146 valence electrons. The van der Waals surface area contributed by atoms with Crippen molar-refractivity contribution in [3.05, 3.63) is 65.7 Å². The molecule has 8 heteroatoms. The first-order chi connectivity index (χ1) is 13.3. The Bertz CT molecular complexity index is 957. The van der Waals surface area contributed by atoms with E-state index in [1.165, 1.54) is 36.0 Å². The standard InChI is InChI=1S/C20H20F2N4OS/c1-12(14-4-8-16(21)9-5-14)23-19(27)13(2)28-20-25-24-18(26(20)3)15-6-10-17(22)11-7-15/h4-13H,1-3H3,(H,23,27)/t12-,13+/m0/s1. The summed E-state index contributed by atoms with van der Waals surface area (Å²) in [6.07, 6.45) is 0. The van der Waals surface area contributed by atoms with E-state index in [-0.39, 0.29) is 23.6 Å². The molecule has 28 heavy (non-hydrogen) atoms. The van der Waals surface area contributed by atoms with Gasteiger partial charge in [0.05, 0.1) is 11.3 Å². The van der Waals surface area contributed by atoms with Crippen LogP contribution < -0.4 is 5.32 Å². The van der Waals surface area contributed by atoms with Crippen molar-refractivity contribution >= 4 is 17.7 Å². The third-order valence-corrected chi connectivity index (χ3v) is 5.45. The second-order valence-corrected chi connectivity index (χ2v) is 7.72. The number of carbonyl (C=O) groups excluding carboxylic acids is 1. The lowest BCUT2D eigenvalue weighted by Crippen LogP contribution is -2.33. The highest BCUT2D eigenvalue weighted by Gasteiger charge is 2.21. The fourth-order valence-electron chi connectivity index (χ4n) is 2.65. The summed E-state index contributed by atoms with van der Waals surface area (Å²) in [7, 11) is 1.80. The number of halogens is 2. The van der Waals surface area contributed by atoms with Crippen LogP contribution in [0.2, 0.25) is 0 Å².